The molecule has 2 aromatic carbocycles. The van der Waals surface area contributed by atoms with Crippen molar-refractivity contribution in [2.45, 2.75) is 39.8 Å². The van der Waals surface area contributed by atoms with Crippen molar-refractivity contribution in [1.82, 2.24) is 0 Å². The quantitative estimate of drug-likeness (QED) is 0.434. The molecule has 0 radical (unpaired) electrons. The molecule has 4 atom stereocenters. The highest BCUT2D eigenvalue weighted by Gasteiger charge is 2.62. The van der Waals surface area contributed by atoms with Gasteiger partial charge in [0, 0.05) is 5.92 Å². The molecule has 4 rings (SSSR count). The lowest BCUT2D eigenvalue weighted by Gasteiger charge is -2.48. The van der Waals surface area contributed by atoms with Gasteiger partial charge in [0.05, 0.1) is 28.5 Å². The zero-order valence-corrected chi connectivity index (χ0v) is 17.5. The van der Waals surface area contributed by atoms with Gasteiger partial charge in [-0.05, 0) is 49.8 Å². The fraction of sp³-hybridized carbons (Fsp3) is 0.348. The number of aromatic hydroxyl groups is 2. The van der Waals surface area contributed by atoms with Gasteiger partial charge in [-0.2, -0.15) is 0 Å². The van der Waals surface area contributed by atoms with Crippen LogP contribution in [0.2, 0.25) is 0 Å². The first-order valence-electron chi connectivity index (χ1n) is 9.82. The van der Waals surface area contributed by atoms with E-state index >= 15 is 0 Å². The third-order valence-corrected chi connectivity index (χ3v) is 6.95. The standard InChI is InChI=1S/C23H23NO7/c1-7-5-6-10-8(2)11-14(18(27)13(10)17(7)26)22(31)23(4)15(19(11)28)16(24)20(29)12(9(3)25)21(23)30/h5-6,15-16,19,26-28,30H,24H2,1-4H3/t15?,16-,19?,23?/m1/s1. The number of aryl methyl sites for hydroxylation is 2. The van der Waals surface area contributed by atoms with Gasteiger partial charge in [-0.15, -0.1) is 0 Å². The van der Waals surface area contributed by atoms with Gasteiger partial charge in [0.2, 0.25) is 0 Å². The van der Waals surface area contributed by atoms with Crippen LogP contribution in [0.15, 0.2) is 23.5 Å². The predicted octanol–water partition coefficient (Wildman–Crippen LogP) is 2.03. The van der Waals surface area contributed by atoms with Crippen molar-refractivity contribution in [2.75, 3.05) is 0 Å². The minimum atomic E-state index is -1.92. The molecule has 162 valence electrons. The third-order valence-electron chi connectivity index (χ3n) is 6.95. The number of Topliss-reactive ketones (excluding diaryl/α,β-unsaturated/α-hetero) is 3. The van der Waals surface area contributed by atoms with Gasteiger partial charge in [0.1, 0.15) is 22.8 Å². The van der Waals surface area contributed by atoms with Crippen LogP contribution in [0.1, 0.15) is 47.0 Å². The van der Waals surface area contributed by atoms with Crippen LogP contribution < -0.4 is 5.73 Å². The highest BCUT2D eigenvalue weighted by molar-refractivity contribution is 6.24. The fourth-order valence-electron chi connectivity index (χ4n) is 5.21. The lowest BCUT2D eigenvalue weighted by Crippen LogP contribution is -2.59. The summed E-state index contributed by atoms with van der Waals surface area (Å²) in [6, 6.07) is 1.87. The van der Waals surface area contributed by atoms with Crippen LogP contribution in [-0.2, 0) is 9.59 Å². The van der Waals surface area contributed by atoms with Crippen molar-refractivity contribution in [1.29, 1.82) is 0 Å². The van der Waals surface area contributed by atoms with Crippen molar-refractivity contribution >= 4 is 28.1 Å². The molecule has 0 aromatic heterocycles. The van der Waals surface area contributed by atoms with Crippen LogP contribution >= 0.6 is 0 Å². The highest BCUT2D eigenvalue weighted by Crippen LogP contribution is 2.57. The molecule has 0 spiro atoms. The fourth-order valence-corrected chi connectivity index (χ4v) is 5.21. The molecular weight excluding hydrogens is 402 g/mol. The molecule has 0 heterocycles. The second-order valence-corrected chi connectivity index (χ2v) is 8.59. The molecule has 8 nitrogen and oxygen atoms in total. The molecular formula is C23H23NO7. The van der Waals surface area contributed by atoms with Gasteiger partial charge in [-0.3, -0.25) is 14.4 Å². The Morgan fingerprint density at radius 1 is 1.10 bits per heavy atom. The highest BCUT2D eigenvalue weighted by atomic mass is 16.3. The number of rotatable bonds is 1. The number of benzene rings is 2. The molecule has 3 unspecified atom stereocenters. The molecule has 31 heavy (non-hydrogen) atoms. The predicted molar refractivity (Wildman–Crippen MR) is 111 cm³/mol. The van der Waals surface area contributed by atoms with Crippen molar-refractivity contribution in [2.24, 2.45) is 17.1 Å². The summed E-state index contributed by atoms with van der Waals surface area (Å²) in [4.78, 5) is 38.5. The largest absolute Gasteiger partial charge is 0.510 e. The summed E-state index contributed by atoms with van der Waals surface area (Å²) >= 11 is 0. The summed E-state index contributed by atoms with van der Waals surface area (Å²) in [7, 11) is 0. The van der Waals surface area contributed by atoms with Gasteiger partial charge < -0.3 is 26.2 Å². The first-order valence-corrected chi connectivity index (χ1v) is 9.82. The maximum atomic E-state index is 13.7. The van der Waals surface area contributed by atoms with E-state index in [0.29, 0.717) is 16.5 Å². The van der Waals surface area contributed by atoms with Gasteiger partial charge >= 0.3 is 0 Å². The van der Waals surface area contributed by atoms with E-state index < -0.39 is 57.9 Å². The number of carbonyl (C=O) groups excluding carboxylic acids is 3. The van der Waals surface area contributed by atoms with Crippen LogP contribution in [0.4, 0.5) is 0 Å². The first kappa shape index (κ1) is 21.0. The van der Waals surface area contributed by atoms with Crippen molar-refractivity contribution in [3.8, 4) is 11.5 Å². The van der Waals surface area contributed by atoms with E-state index in [1.54, 1.807) is 26.0 Å². The van der Waals surface area contributed by atoms with E-state index in [4.69, 9.17) is 5.73 Å². The van der Waals surface area contributed by atoms with E-state index in [9.17, 15) is 34.8 Å². The Morgan fingerprint density at radius 3 is 2.29 bits per heavy atom. The molecule has 6 N–H and O–H groups in total. The summed E-state index contributed by atoms with van der Waals surface area (Å²) in [5, 5.41) is 44.2. The summed E-state index contributed by atoms with van der Waals surface area (Å²) in [6.07, 6.45) is -1.49. The van der Waals surface area contributed by atoms with Crippen molar-refractivity contribution < 1.29 is 34.8 Å². The van der Waals surface area contributed by atoms with E-state index in [-0.39, 0.29) is 22.3 Å². The van der Waals surface area contributed by atoms with Crippen molar-refractivity contribution in [3.63, 3.8) is 0 Å². The number of hydrogen-bond acceptors (Lipinski definition) is 8. The number of ketones is 3. The average Bonchev–Trinajstić information content (AvgIpc) is 2.69. The van der Waals surface area contributed by atoms with Gasteiger partial charge in [0.15, 0.2) is 17.3 Å². The number of carbonyl (C=O) groups is 3. The van der Waals surface area contributed by atoms with Gasteiger partial charge in [0.25, 0.3) is 0 Å². The maximum absolute atomic E-state index is 13.7. The monoisotopic (exact) mass is 425 g/mol. The molecule has 8 heteroatoms. The second kappa shape index (κ2) is 6.38. The zero-order chi connectivity index (χ0) is 23.2. The molecule has 0 fully saturated rings. The van der Waals surface area contributed by atoms with E-state index in [1.165, 1.54) is 6.92 Å². The van der Waals surface area contributed by atoms with Crippen LogP contribution in [-0.4, -0.2) is 43.8 Å². The number of fused-ring (bicyclic) bond motifs is 3. The van der Waals surface area contributed by atoms with Crippen LogP contribution in [0.25, 0.3) is 10.8 Å². The topological polar surface area (TPSA) is 158 Å². The smallest absolute Gasteiger partial charge is 0.186 e. The Kier molecular flexibility index (Phi) is 4.33. The number of aliphatic hydroxyl groups excluding tert-OH is 2. The molecule has 2 aromatic rings. The number of aliphatic hydroxyl groups is 2. The summed E-state index contributed by atoms with van der Waals surface area (Å²) in [5.74, 6) is -5.16. The Hall–Kier alpha value is -3.23. The second-order valence-electron chi connectivity index (χ2n) is 8.59. The number of hydrogen-bond donors (Lipinski definition) is 5. The van der Waals surface area contributed by atoms with Gasteiger partial charge in [-0.25, -0.2) is 0 Å². The molecule has 0 saturated heterocycles. The Balaban J connectivity index is 2.16. The van der Waals surface area contributed by atoms with Crippen LogP contribution in [0.3, 0.4) is 0 Å². The van der Waals surface area contributed by atoms with Crippen molar-refractivity contribution in [3.05, 3.63) is 45.7 Å². The van der Waals surface area contributed by atoms with E-state index in [0.717, 1.165) is 6.92 Å². The maximum Gasteiger partial charge on any atom is 0.186 e. The number of phenols is 2. The Bertz CT molecular complexity index is 1260. The molecule has 0 amide bonds. The van der Waals surface area contributed by atoms with E-state index in [2.05, 4.69) is 0 Å². The SMILES string of the molecule is CC(=O)C1=C(O)C2(C)C(=O)c3c(c(C)c4ccc(C)c(O)c4c3O)C(O)C2[C@@H](N)C1=O. The summed E-state index contributed by atoms with van der Waals surface area (Å²) in [6.45, 7) is 5.64. The summed E-state index contributed by atoms with van der Waals surface area (Å²) < 4.78 is 0. The number of nitrogens with two attached hydrogens (primary N) is 1. The van der Waals surface area contributed by atoms with E-state index in [1.807, 2.05) is 0 Å². The first-order chi connectivity index (χ1) is 14.4. The van der Waals surface area contributed by atoms with Gasteiger partial charge in [-0.1, -0.05) is 12.1 Å². The summed E-state index contributed by atoms with van der Waals surface area (Å²) in [5.41, 5.74) is 4.33. The zero-order valence-electron chi connectivity index (χ0n) is 17.5. The normalized spacial score (nSPS) is 28.0. The molecule has 0 bridgehead atoms. The van der Waals surface area contributed by atoms with Crippen LogP contribution in [0.5, 0.6) is 11.5 Å². The average molecular weight is 425 g/mol. The molecule has 0 saturated carbocycles. The Morgan fingerprint density at radius 2 is 1.71 bits per heavy atom. The third kappa shape index (κ3) is 2.34. The molecule has 0 aliphatic heterocycles. The minimum Gasteiger partial charge on any atom is -0.510 e. The minimum absolute atomic E-state index is 0.0466. The molecule has 2 aliphatic carbocycles. The lowest BCUT2D eigenvalue weighted by atomic mass is 9.55. The molecule has 2 aliphatic rings. The lowest BCUT2D eigenvalue weighted by molar-refractivity contribution is -0.127. The Labute approximate surface area is 177 Å². The number of allylic oxidation sites excluding steroid dienone is 1. The number of phenolic OH excluding ortho intramolecular Hbond substituents is 2. The van der Waals surface area contributed by atoms with Crippen LogP contribution in [0, 0.1) is 25.2 Å².